The zero-order valence-corrected chi connectivity index (χ0v) is 17.7. The molecular formula is C25H36O. The number of aliphatic hydroxyl groups is 1. The number of hydrogen-bond donors (Lipinski definition) is 1. The molecule has 0 bridgehead atoms. The van der Waals surface area contributed by atoms with Gasteiger partial charge in [-0.3, -0.25) is 0 Å². The average Bonchev–Trinajstić information content (AvgIpc) is 2.58. The Morgan fingerprint density at radius 1 is 0.692 bits per heavy atom. The molecule has 26 heavy (non-hydrogen) atoms. The molecule has 0 aliphatic heterocycles. The molecular weight excluding hydrogens is 316 g/mol. The highest BCUT2D eigenvalue weighted by atomic mass is 16.3. The third kappa shape index (κ3) is 10.2. The lowest BCUT2D eigenvalue weighted by atomic mass is 9.97. The molecule has 1 N–H and O–H groups in total. The van der Waals surface area contributed by atoms with Gasteiger partial charge in [-0.25, -0.2) is 0 Å². The molecule has 1 nitrogen and oxygen atoms in total. The zero-order valence-electron chi connectivity index (χ0n) is 17.7. The van der Waals surface area contributed by atoms with E-state index in [9.17, 15) is 5.11 Å². The Balaban J connectivity index is 6.16. The minimum absolute atomic E-state index is 0.886. The fourth-order valence-corrected chi connectivity index (χ4v) is 2.56. The molecule has 0 aliphatic carbocycles. The molecule has 0 saturated carbocycles. The molecule has 0 amide bonds. The van der Waals surface area contributed by atoms with Crippen LogP contribution in [-0.4, -0.2) is 10.7 Å². The Labute approximate surface area is 162 Å². The van der Waals surface area contributed by atoms with Crippen molar-refractivity contribution in [2.75, 3.05) is 0 Å². The molecule has 0 radical (unpaired) electrons. The van der Waals surface area contributed by atoms with Crippen molar-refractivity contribution in [3.63, 3.8) is 0 Å². The Kier molecular flexibility index (Phi) is 12.4. The van der Waals surface area contributed by atoms with Crippen LogP contribution in [0.1, 0.15) is 92.9 Å². The summed E-state index contributed by atoms with van der Waals surface area (Å²) in [7, 11) is 0. The second-order valence-electron chi connectivity index (χ2n) is 7.12. The van der Waals surface area contributed by atoms with E-state index < -0.39 is 5.60 Å². The normalized spacial score (nSPS) is 12.7. The monoisotopic (exact) mass is 352 g/mol. The van der Waals surface area contributed by atoms with Crippen LogP contribution in [0.15, 0.2) is 22.3 Å². The molecule has 0 spiro atoms. The van der Waals surface area contributed by atoms with Gasteiger partial charge in [0.05, 0.1) is 0 Å². The molecule has 0 saturated heterocycles. The summed E-state index contributed by atoms with van der Waals surface area (Å²) in [4.78, 5) is 0. The number of allylic oxidation sites excluding steroid dienone is 4. The summed E-state index contributed by atoms with van der Waals surface area (Å²) in [6, 6.07) is 0. The molecule has 0 unspecified atom stereocenters. The van der Waals surface area contributed by atoms with Gasteiger partial charge in [0.25, 0.3) is 0 Å². The van der Waals surface area contributed by atoms with Crippen molar-refractivity contribution in [1.82, 2.24) is 0 Å². The highest BCUT2D eigenvalue weighted by molar-refractivity contribution is 5.49. The summed E-state index contributed by atoms with van der Waals surface area (Å²) in [5.41, 5.74) is 3.29. The zero-order chi connectivity index (χ0) is 20.0. The van der Waals surface area contributed by atoms with E-state index in [1.54, 1.807) is 13.8 Å². The second kappa shape index (κ2) is 13.3. The van der Waals surface area contributed by atoms with Crippen LogP contribution < -0.4 is 0 Å². The first kappa shape index (κ1) is 24.1. The van der Waals surface area contributed by atoms with Crippen molar-refractivity contribution in [2.45, 2.75) is 98.5 Å². The lowest BCUT2D eigenvalue weighted by Crippen LogP contribution is -2.14. The van der Waals surface area contributed by atoms with Crippen LogP contribution in [0, 0.1) is 36.0 Å². The van der Waals surface area contributed by atoms with Crippen molar-refractivity contribution in [1.29, 1.82) is 0 Å². The van der Waals surface area contributed by atoms with E-state index in [2.05, 4.69) is 57.3 Å². The molecule has 0 rings (SSSR count). The highest BCUT2D eigenvalue weighted by Gasteiger charge is 2.08. The van der Waals surface area contributed by atoms with Gasteiger partial charge in [-0.2, -0.15) is 0 Å². The average molecular weight is 353 g/mol. The maximum atomic E-state index is 9.94. The van der Waals surface area contributed by atoms with Crippen molar-refractivity contribution in [3.05, 3.63) is 22.3 Å². The molecule has 0 aromatic carbocycles. The predicted octanol–water partition coefficient (Wildman–Crippen LogP) is 6.19. The summed E-state index contributed by atoms with van der Waals surface area (Å²) in [6.07, 6.45) is 13.4. The van der Waals surface area contributed by atoms with Crippen LogP contribution in [0.5, 0.6) is 0 Å². The van der Waals surface area contributed by atoms with Gasteiger partial charge in [-0.05, 0) is 39.5 Å². The van der Waals surface area contributed by atoms with Crippen molar-refractivity contribution >= 4 is 0 Å². The minimum Gasteiger partial charge on any atom is -0.378 e. The van der Waals surface area contributed by atoms with Gasteiger partial charge in [0.15, 0.2) is 0 Å². The third-order valence-electron chi connectivity index (χ3n) is 3.79. The van der Waals surface area contributed by atoms with Gasteiger partial charge < -0.3 is 5.11 Å². The molecule has 1 heteroatoms. The van der Waals surface area contributed by atoms with Crippen LogP contribution in [-0.2, 0) is 0 Å². The van der Waals surface area contributed by atoms with Crippen LogP contribution in [0.4, 0.5) is 0 Å². The smallest absolute Gasteiger partial charge is 0.120 e. The van der Waals surface area contributed by atoms with E-state index in [-0.39, 0.29) is 0 Å². The van der Waals surface area contributed by atoms with E-state index in [0.29, 0.717) is 0 Å². The molecule has 142 valence electrons. The first-order valence-electron chi connectivity index (χ1n) is 10.0. The largest absolute Gasteiger partial charge is 0.378 e. The Morgan fingerprint density at radius 2 is 1.04 bits per heavy atom. The van der Waals surface area contributed by atoms with Gasteiger partial charge in [0.2, 0.25) is 0 Å². The van der Waals surface area contributed by atoms with Gasteiger partial charge >= 0.3 is 0 Å². The van der Waals surface area contributed by atoms with Crippen LogP contribution in [0.2, 0.25) is 0 Å². The molecule has 0 aromatic heterocycles. The third-order valence-corrected chi connectivity index (χ3v) is 3.79. The molecule has 0 fully saturated rings. The van der Waals surface area contributed by atoms with Crippen LogP contribution in [0.25, 0.3) is 0 Å². The number of hydrogen-bond acceptors (Lipinski definition) is 1. The summed E-state index contributed by atoms with van der Waals surface area (Å²) in [6.45, 7) is 12.0. The summed E-state index contributed by atoms with van der Waals surface area (Å²) < 4.78 is 0. The molecule has 0 aromatic rings. The molecule has 0 heterocycles. The molecule has 0 atom stereocenters. The van der Waals surface area contributed by atoms with Crippen molar-refractivity contribution in [2.24, 2.45) is 0 Å². The maximum absolute atomic E-state index is 9.94. The number of terminal acetylenes is 1. The Morgan fingerprint density at radius 3 is 1.38 bits per heavy atom. The lowest BCUT2D eigenvalue weighted by Gasteiger charge is -2.09. The fraction of sp³-hybridized carbons (Fsp3) is 0.600. The summed E-state index contributed by atoms with van der Waals surface area (Å²) in [5.74, 6) is 15.8. The maximum Gasteiger partial charge on any atom is 0.120 e. The molecule has 0 aliphatic rings. The van der Waals surface area contributed by atoms with E-state index in [4.69, 9.17) is 6.42 Å². The fourth-order valence-electron chi connectivity index (χ4n) is 2.56. The Hall–Kier alpha value is -1.88. The van der Waals surface area contributed by atoms with Gasteiger partial charge in [-0.15, -0.1) is 6.42 Å². The highest BCUT2D eigenvalue weighted by Crippen LogP contribution is 2.18. The van der Waals surface area contributed by atoms with E-state index >= 15 is 0 Å². The Bertz CT molecular complexity index is 651. The van der Waals surface area contributed by atoms with E-state index in [0.717, 1.165) is 73.7 Å². The minimum atomic E-state index is -0.991. The second-order valence-corrected chi connectivity index (χ2v) is 7.12. The van der Waals surface area contributed by atoms with Crippen LogP contribution >= 0.6 is 0 Å². The van der Waals surface area contributed by atoms with Crippen LogP contribution in [0.3, 0.4) is 0 Å². The van der Waals surface area contributed by atoms with Crippen molar-refractivity contribution in [3.8, 4) is 36.0 Å². The summed E-state index contributed by atoms with van der Waals surface area (Å²) in [5, 5.41) is 9.94. The predicted molar refractivity (Wildman–Crippen MR) is 114 cm³/mol. The quantitative estimate of drug-likeness (QED) is 0.516. The van der Waals surface area contributed by atoms with Crippen molar-refractivity contribution < 1.29 is 5.11 Å². The first-order chi connectivity index (χ1) is 12.3. The summed E-state index contributed by atoms with van der Waals surface area (Å²) >= 11 is 0. The lowest BCUT2D eigenvalue weighted by molar-refractivity contribution is 0.143. The van der Waals surface area contributed by atoms with Gasteiger partial charge in [0, 0.05) is 22.3 Å². The van der Waals surface area contributed by atoms with Gasteiger partial charge in [0.1, 0.15) is 5.60 Å². The van der Waals surface area contributed by atoms with Gasteiger partial charge in [-0.1, -0.05) is 83.0 Å². The van der Waals surface area contributed by atoms with E-state index in [1.165, 1.54) is 0 Å². The SMILES string of the molecule is C#C/C(CCC)=C(\C#C/C(CCC)=C(/C#CC(C)(C)O)CCC)CCC. The van der Waals surface area contributed by atoms with E-state index in [1.807, 2.05) is 0 Å². The topological polar surface area (TPSA) is 20.2 Å². The number of rotatable bonds is 8. The standard InChI is InChI=1S/C25H36O/c1-8-13-21(12-5)22(14-9-2)17-18-23(15-10-3)24(16-11-4)19-20-25(6,7)26/h5,26H,8-11,13-16H2,1-4,6-7H3/b22-21+,24-23+. The first-order valence-corrected chi connectivity index (χ1v) is 10.0.